The Labute approximate surface area is 190 Å². The standard InChI is InChI=1S/C20H15BrClN3O6/c1-3-30-18-8-12(7-15(21)19(18)31-11(2)26)6-13(10-23)20(27)24-16-5-4-14(22)9-17(16)25(28)29/h4-9H,3H2,1-2H3,(H,24,27). The van der Waals surface area contributed by atoms with Gasteiger partial charge in [0.15, 0.2) is 11.5 Å². The Hall–Kier alpha value is -3.42. The highest BCUT2D eigenvalue weighted by atomic mass is 79.9. The van der Waals surface area contributed by atoms with Crippen molar-refractivity contribution < 1.29 is 24.0 Å². The fourth-order valence-electron chi connectivity index (χ4n) is 2.44. The molecule has 1 amide bonds. The van der Waals surface area contributed by atoms with E-state index >= 15 is 0 Å². The first-order valence-electron chi connectivity index (χ1n) is 8.68. The van der Waals surface area contributed by atoms with Gasteiger partial charge in [-0.1, -0.05) is 11.6 Å². The van der Waals surface area contributed by atoms with Gasteiger partial charge >= 0.3 is 5.97 Å². The number of hydrogen-bond donors (Lipinski definition) is 1. The number of halogens is 2. The first-order valence-corrected chi connectivity index (χ1v) is 9.85. The lowest BCUT2D eigenvalue weighted by Crippen LogP contribution is -2.14. The van der Waals surface area contributed by atoms with E-state index in [-0.39, 0.29) is 34.4 Å². The lowest BCUT2D eigenvalue weighted by Gasteiger charge is -2.12. The average molecular weight is 509 g/mol. The van der Waals surface area contributed by atoms with Gasteiger partial charge in [0.05, 0.1) is 16.0 Å². The highest BCUT2D eigenvalue weighted by molar-refractivity contribution is 9.10. The predicted molar refractivity (Wildman–Crippen MR) is 117 cm³/mol. The van der Waals surface area contributed by atoms with E-state index in [0.717, 1.165) is 6.07 Å². The summed E-state index contributed by atoms with van der Waals surface area (Å²) in [4.78, 5) is 34.4. The van der Waals surface area contributed by atoms with Gasteiger partial charge in [-0.25, -0.2) is 0 Å². The molecule has 0 saturated heterocycles. The van der Waals surface area contributed by atoms with Crippen molar-refractivity contribution in [2.24, 2.45) is 0 Å². The van der Waals surface area contributed by atoms with E-state index in [0.29, 0.717) is 10.0 Å². The Kier molecular flexibility index (Phi) is 8.13. The maximum Gasteiger partial charge on any atom is 0.308 e. The van der Waals surface area contributed by atoms with Gasteiger partial charge in [0, 0.05) is 18.0 Å². The van der Waals surface area contributed by atoms with Crippen molar-refractivity contribution in [2.75, 3.05) is 11.9 Å². The molecule has 0 spiro atoms. The first-order chi connectivity index (χ1) is 14.7. The third-order valence-electron chi connectivity index (χ3n) is 3.66. The monoisotopic (exact) mass is 507 g/mol. The summed E-state index contributed by atoms with van der Waals surface area (Å²) in [5, 5.41) is 23.1. The van der Waals surface area contributed by atoms with Crippen LogP contribution in [0.4, 0.5) is 11.4 Å². The minimum atomic E-state index is -0.855. The molecule has 0 radical (unpaired) electrons. The number of ether oxygens (including phenoxy) is 2. The molecule has 1 N–H and O–H groups in total. The molecule has 160 valence electrons. The number of hydrogen-bond acceptors (Lipinski definition) is 7. The molecule has 31 heavy (non-hydrogen) atoms. The van der Waals surface area contributed by atoms with E-state index in [1.54, 1.807) is 13.0 Å². The van der Waals surface area contributed by atoms with Crippen LogP contribution in [0.3, 0.4) is 0 Å². The number of nitriles is 1. The Morgan fingerprint density at radius 2 is 2.06 bits per heavy atom. The normalized spacial score (nSPS) is 10.7. The topological polar surface area (TPSA) is 132 Å². The van der Waals surface area contributed by atoms with Gasteiger partial charge in [0.25, 0.3) is 11.6 Å². The van der Waals surface area contributed by atoms with Crippen LogP contribution >= 0.6 is 27.5 Å². The molecule has 0 aliphatic heterocycles. The summed E-state index contributed by atoms with van der Waals surface area (Å²) in [6.45, 7) is 3.25. The van der Waals surface area contributed by atoms with Crippen LogP contribution in [0.2, 0.25) is 5.02 Å². The van der Waals surface area contributed by atoms with Crippen molar-refractivity contribution in [1.82, 2.24) is 0 Å². The molecule has 9 nitrogen and oxygen atoms in total. The third kappa shape index (κ3) is 6.28. The van der Waals surface area contributed by atoms with Crippen LogP contribution in [0.5, 0.6) is 11.5 Å². The molecule has 2 aromatic carbocycles. The van der Waals surface area contributed by atoms with Crippen LogP contribution in [0, 0.1) is 21.4 Å². The summed E-state index contributed by atoms with van der Waals surface area (Å²) in [5.74, 6) is -1.02. The van der Waals surface area contributed by atoms with Crippen LogP contribution in [-0.2, 0) is 9.59 Å². The van der Waals surface area contributed by atoms with E-state index in [4.69, 9.17) is 21.1 Å². The maximum atomic E-state index is 12.5. The molecule has 0 aliphatic carbocycles. The number of esters is 1. The number of amides is 1. The van der Waals surface area contributed by atoms with Crippen LogP contribution in [0.25, 0.3) is 6.08 Å². The molecule has 0 fully saturated rings. The van der Waals surface area contributed by atoms with E-state index < -0.39 is 22.5 Å². The van der Waals surface area contributed by atoms with Crippen molar-refractivity contribution in [3.05, 3.63) is 61.1 Å². The second-order valence-electron chi connectivity index (χ2n) is 5.90. The summed E-state index contributed by atoms with van der Waals surface area (Å²) in [6.07, 6.45) is 1.27. The van der Waals surface area contributed by atoms with Gasteiger partial charge in [0.1, 0.15) is 17.3 Å². The molecule has 0 atom stereocenters. The molecule has 0 aromatic heterocycles. The molecule has 0 heterocycles. The molecule has 2 rings (SSSR count). The zero-order chi connectivity index (χ0) is 23.1. The van der Waals surface area contributed by atoms with Gasteiger partial charge in [-0.15, -0.1) is 0 Å². The molecule has 0 unspecified atom stereocenters. The van der Waals surface area contributed by atoms with Crippen molar-refractivity contribution in [1.29, 1.82) is 5.26 Å². The molecule has 2 aromatic rings. The van der Waals surface area contributed by atoms with Gasteiger partial charge in [-0.2, -0.15) is 5.26 Å². The molecule has 0 bridgehead atoms. The summed E-state index contributed by atoms with van der Waals surface area (Å²) in [5.41, 5.74) is -0.449. The Balaban J connectivity index is 2.41. The minimum Gasteiger partial charge on any atom is -0.490 e. The van der Waals surface area contributed by atoms with Gasteiger partial charge in [-0.05, 0) is 58.8 Å². The number of nitrogens with zero attached hydrogens (tertiary/aromatic N) is 2. The quantitative estimate of drug-likeness (QED) is 0.141. The van der Waals surface area contributed by atoms with Crippen LogP contribution in [0.15, 0.2) is 40.4 Å². The number of carbonyl (C=O) groups is 2. The fraction of sp³-hybridized carbons (Fsp3) is 0.150. The Bertz CT molecular complexity index is 1130. The smallest absolute Gasteiger partial charge is 0.308 e. The zero-order valence-corrected chi connectivity index (χ0v) is 18.6. The third-order valence-corrected chi connectivity index (χ3v) is 4.48. The van der Waals surface area contributed by atoms with Crippen LogP contribution < -0.4 is 14.8 Å². The van der Waals surface area contributed by atoms with Gasteiger partial charge in [0.2, 0.25) is 0 Å². The molecule has 11 heteroatoms. The molecule has 0 aliphatic rings. The number of nitro benzene ring substituents is 1. The van der Waals surface area contributed by atoms with Crippen molar-refractivity contribution in [3.8, 4) is 17.6 Å². The highest BCUT2D eigenvalue weighted by Crippen LogP contribution is 2.37. The van der Waals surface area contributed by atoms with Crippen molar-refractivity contribution in [3.63, 3.8) is 0 Å². The van der Waals surface area contributed by atoms with E-state index in [2.05, 4.69) is 21.2 Å². The van der Waals surface area contributed by atoms with Crippen LogP contribution in [0.1, 0.15) is 19.4 Å². The summed E-state index contributed by atoms with van der Waals surface area (Å²) >= 11 is 9.04. The van der Waals surface area contributed by atoms with E-state index in [9.17, 15) is 25.0 Å². The van der Waals surface area contributed by atoms with Gasteiger partial charge < -0.3 is 14.8 Å². The Morgan fingerprint density at radius 3 is 2.65 bits per heavy atom. The summed E-state index contributed by atoms with van der Waals surface area (Å²) < 4.78 is 11.0. The van der Waals surface area contributed by atoms with E-state index in [1.807, 2.05) is 0 Å². The zero-order valence-electron chi connectivity index (χ0n) is 16.3. The number of nitrogens with one attached hydrogen (secondary N) is 1. The maximum absolute atomic E-state index is 12.5. The number of nitro groups is 1. The molecular formula is C20H15BrClN3O6. The fourth-order valence-corrected chi connectivity index (χ4v) is 3.15. The van der Waals surface area contributed by atoms with Crippen molar-refractivity contribution >= 4 is 56.9 Å². The SMILES string of the molecule is CCOc1cc(C=C(C#N)C(=O)Nc2ccc(Cl)cc2[N+](=O)[O-])cc(Br)c1OC(C)=O. The Morgan fingerprint density at radius 1 is 1.35 bits per heavy atom. The number of benzene rings is 2. The second kappa shape index (κ2) is 10.6. The predicted octanol–water partition coefficient (Wildman–Crippen LogP) is 4.88. The number of rotatable bonds is 7. The molecule has 0 saturated carbocycles. The summed E-state index contributed by atoms with van der Waals surface area (Å²) in [6, 6.07) is 8.50. The average Bonchev–Trinajstić information content (AvgIpc) is 2.69. The largest absolute Gasteiger partial charge is 0.490 e. The number of anilines is 1. The van der Waals surface area contributed by atoms with Crippen molar-refractivity contribution in [2.45, 2.75) is 13.8 Å². The lowest BCUT2D eigenvalue weighted by atomic mass is 10.1. The summed E-state index contributed by atoms with van der Waals surface area (Å²) in [7, 11) is 0. The second-order valence-corrected chi connectivity index (χ2v) is 7.19. The highest BCUT2D eigenvalue weighted by Gasteiger charge is 2.19. The van der Waals surface area contributed by atoms with E-state index in [1.165, 1.54) is 37.3 Å². The number of carbonyl (C=O) groups excluding carboxylic acids is 2. The lowest BCUT2D eigenvalue weighted by molar-refractivity contribution is -0.383. The van der Waals surface area contributed by atoms with Crippen LogP contribution in [-0.4, -0.2) is 23.4 Å². The minimum absolute atomic E-state index is 0.109. The molecular weight excluding hydrogens is 494 g/mol. The first kappa shape index (κ1) is 23.9. The van der Waals surface area contributed by atoms with Gasteiger partial charge in [-0.3, -0.25) is 19.7 Å².